The van der Waals surface area contributed by atoms with E-state index in [0.717, 1.165) is 0 Å². The van der Waals surface area contributed by atoms with Crippen LogP contribution in [-0.4, -0.2) is 45.9 Å². The maximum atomic E-state index is 13.7. The van der Waals surface area contributed by atoms with Crippen molar-refractivity contribution in [1.82, 2.24) is 24.6 Å². The minimum absolute atomic E-state index is 0.272. The summed E-state index contributed by atoms with van der Waals surface area (Å²) in [6.45, 7) is 0. The zero-order valence-corrected chi connectivity index (χ0v) is 21.6. The quantitative estimate of drug-likeness (QED) is 0.289. The number of aromatic nitrogens is 5. The predicted octanol–water partition coefficient (Wildman–Crippen LogP) is 4.60. The van der Waals surface area contributed by atoms with Gasteiger partial charge in [-0.05, 0) is 30.3 Å². The van der Waals surface area contributed by atoms with Gasteiger partial charge in [0.15, 0.2) is 22.9 Å². The molecule has 0 N–H and O–H groups in total. The van der Waals surface area contributed by atoms with Gasteiger partial charge < -0.3 is 23.4 Å². The highest BCUT2D eigenvalue weighted by molar-refractivity contribution is 5.87. The van der Waals surface area contributed by atoms with Crippen LogP contribution in [-0.2, 0) is 0 Å². The van der Waals surface area contributed by atoms with Crippen LogP contribution in [0.2, 0.25) is 0 Å². The summed E-state index contributed by atoms with van der Waals surface area (Å²) >= 11 is 0. The summed E-state index contributed by atoms with van der Waals surface area (Å²) in [5, 5.41) is 5.23. The predicted molar refractivity (Wildman–Crippen MR) is 144 cm³/mol. The highest BCUT2D eigenvalue weighted by Crippen LogP contribution is 2.52. The van der Waals surface area contributed by atoms with Crippen molar-refractivity contribution in [1.29, 1.82) is 0 Å². The summed E-state index contributed by atoms with van der Waals surface area (Å²) < 4.78 is 30.6. The topological polar surface area (TPSA) is 123 Å². The van der Waals surface area contributed by atoms with Gasteiger partial charge in [-0.1, -0.05) is 18.2 Å². The fraction of sp³-hybridized carbons (Fsp3) is 0.138. The van der Waals surface area contributed by atoms with Crippen LogP contribution in [0.25, 0.3) is 28.1 Å². The third-order valence-corrected chi connectivity index (χ3v) is 6.90. The van der Waals surface area contributed by atoms with Crippen molar-refractivity contribution in [3.05, 3.63) is 94.2 Å². The van der Waals surface area contributed by atoms with Crippen LogP contribution in [0, 0.1) is 0 Å². The number of benzene rings is 2. The zero-order chi connectivity index (χ0) is 27.4. The molecule has 0 bridgehead atoms. The molecule has 11 nitrogen and oxygen atoms in total. The molecule has 4 aromatic heterocycles. The molecule has 2 aromatic carbocycles. The number of fused-ring (bicyclic) bond motifs is 6. The highest BCUT2D eigenvalue weighted by atomic mass is 16.5. The molecule has 7 rings (SSSR count). The second kappa shape index (κ2) is 9.09. The molecule has 40 heavy (non-hydrogen) atoms. The van der Waals surface area contributed by atoms with Gasteiger partial charge in [-0.25, -0.2) is 19.3 Å². The summed E-state index contributed by atoms with van der Waals surface area (Å²) in [7, 11) is 4.63. The Kier molecular flexibility index (Phi) is 5.37. The zero-order valence-electron chi connectivity index (χ0n) is 21.6. The number of rotatable bonds is 5. The fourth-order valence-corrected chi connectivity index (χ4v) is 5.12. The third kappa shape index (κ3) is 3.48. The van der Waals surface area contributed by atoms with Gasteiger partial charge in [-0.15, -0.1) is 5.10 Å². The van der Waals surface area contributed by atoms with Crippen molar-refractivity contribution in [2.45, 2.75) is 5.92 Å². The summed E-state index contributed by atoms with van der Waals surface area (Å²) in [4.78, 5) is 27.5. The first-order valence-electron chi connectivity index (χ1n) is 12.3. The van der Waals surface area contributed by atoms with Crippen LogP contribution in [0.5, 0.6) is 28.9 Å². The van der Waals surface area contributed by atoms with Gasteiger partial charge in [0.1, 0.15) is 23.4 Å². The van der Waals surface area contributed by atoms with Crippen molar-refractivity contribution >= 4 is 16.6 Å². The Bertz CT molecular complexity index is 1990. The standard InChI is InChI=1S/C29H21N5O6/c1-36-19-13-21(38-3)20(37-2)12-16(19)22-23-25(15-8-4-5-10-18(15)39-29(23)35)40-28-24(22)27-32-26(33-34(27)14-31-28)17-9-6-7-11-30-17/h4-14,22H,1-3H3. The van der Waals surface area contributed by atoms with Crippen LogP contribution in [0.3, 0.4) is 0 Å². The van der Waals surface area contributed by atoms with E-state index in [1.165, 1.54) is 6.33 Å². The largest absolute Gasteiger partial charge is 0.496 e. The molecule has 0 saturated carbocycles. The molecule has 0 aliphatic carbocycles. The molecular formula is C29H21N5O6. The number of para-hydroxylation sites is 1. The molecule has 0 radical (unpaired) electrons. The molecule has 0 saturated heterocycles. The van der Waals surface area contributed by atoms with E-state index in [-0.39, 0.29) is 11.4 Å². The van der Waals surface area contributed by atoms with Crippen LogP contribution in [0.15, 0.2) is 76.3 Å². The van der Waals surface area contributed by atoms with Crippen molar-refractivity contribution in [3.63, 3.8) is 0 Å². The number of pyridine rings is 1. The SMILES string of the molecule is COc1cc(OC)c(C2c3c(c4ccccc4oc3=O)Oc3ncn4nc(-c5ccccn5)nc4c32)cc1OC. The average Bonchev–Trinajstić information content (AvgIpc) is 3.45. The van der Waals surface area contributed by atoms with Crippen molar-refractivity contribution in [2.24, 2.45) is 0 Å². The van der Waals surface area contributed by atoms with E-state index in [4.69, 9.17) is 28.3 Å². The van der Waals surface area contributed by atoms with E-state index < -0.39 is 11.5 Å². The maximum Gasteiger partial charge on any atom is 0.344 e. The highest BCUT2D eigenvalue weighted by Gasteiger charge is 2.39. The molecule has 1 atom stereocenters. The molecule has 198 valence electrons. The molecule has 11 heteroatoms. The second-order valence-electron chi connectivity index (χ2n) is 8.99. The third-order valence-electron chi connectivity index (χ3n) is 6.90. The normalized spacial score (nSPS) is 13.9. The Labute approximate surface area is 226 Å². The molecule has 6 aromatic rings. The van der Waals surface area contributed by atoms with Gasteiger partial charge in [0.25, 0.3) is 0 Å². The van der Waals surface area contributed by atoms with Crippen LogP contribution < -0.4 is 24.6 Å². The van der Waals surface area contributed by atoms with Gasteiger partial charge in [-0.2, -0.15) is 0 Å². The van der Waals surface area contributed by atoms with Gasteiger partial charge in [-0.3, -0.25) is 4.98 Å². The van der Waals surface area contributed by atoms with E-state index >= 15 is 0 Å². The first-order valence-corrected chi connectivity index (χ1v) is 12.3. The first-order chi connectivity index (χ1) is 19.6. The number of hydrogen-bond donors (Lipinski definition) is 0. The molecule has 5 heterocycles. The lowest BCUT2D eigenvalue weighted by atomic mass is 9.83. The summed E-state index contributed by atoms with van der Waals surface area (Å²) in [6.07, 6.45) is 3.19. The molecule has 1 unspecified atom stereocenters. The van der Waals surface area contributed by atoms with Gasteiger partial charge >= 0.3 is 5.63 Å². The van der Waals surface area contributed by atoms with E-state index in [2.05, 4.69) is 15.1 Å². The van der Waals surface area contributed by atoms with Crippen LogP contribution in [0.1, 0.15) is 22.6 Å². The van der Waals surface area contributed by atoms with E-state index in [0.29, 0.717) is 62.3 Å². The Hall–Kier alpha value is -5.45. The number of ether oxygens (including phenoxy) is 4. The van der Waals surface area contributed by atoms with E-state index in [1.54, 1.807) is 56.3 Å². The summed E-state index contributed by atoms with van der Waals surface area (Å²) in [5.41, 5.74) is 2.24. The number of methoxy groups -OCH3 is 3. The molecule has 1 aliphatic heterocycles. The summed E-state index contributed by atoms with van der Waals surface area (Å²) in [6, 6.07) is 16.2. The van der Waals surface area contributed by atoms with Gasteiger partial charge in [0.05, 0.1) is 43.8 Å². The fourth-order valence-electron chi connectivity index (χ4n) is 5.12. The van der Waals surface area contributed by atoms with Gasteiger partial charge in [0.2, 0.25) is 11.7 Å². The lowest BCUT2D eigenvalue weighted by molar-refractivity contribution is 0.346. The lowest BCUT2D eigenvalue weighted by Crippen LogP contribution is -2.23. The molecule has 0 amide bonds. The van der Waals surface area contributed by atoms with Gasteiger partial charge in [0, 0.05) is 17.8 Å². The Morgan fingerprint density at radius 1 is 0.875 bits per heavy atom. The second-order valence-corrected chi connectivity index (χ2v) is 8.99. The summed E-state index contributed by atoms with van der Waals surface area (Å²) in [5.74, 6) is 1.63. The number of nitrogens with zero attached hydrogens (tertiary/aromatic N) is 5. The smallest absolute Gasteiger partial charge is 0.344 e. The molecule has 0 spiro atoms. The molecule has 0 fully saturated rings. The monoisotopic (exact) mass is 535 g/mol. The number of hydrogen-bond acceptors (Lipinski definition) is 10. The molecule has 1 aliphatic rings. The van der Waals surface area contributed by atoms with E-state index in [1.807, 2.05) is 30.3 Å². The Morgan fingerprint density at radius 2 is 1.65 bits per heavy atom. The van der Waals surface area contributed by atoms with Crippen LogP contribution >= 0.6 is 0 Å². The minimum atomic E-state index is -0.772. The molecular weight excluding hydrogens is 514 g/mol. The Balaban J connectivity index is 1.59. The van der Waals surface area contributed by atoms with Crippen molar-refractivity contribution < 1.29 is 23.4 Å². The lowest BCUT2D eigenvalue weighted by Gasteiger charge is -2.28. The first kappa shape index (κ1) is 23.7. The Morgan fingerprint density at radius 3 is 2.42 bits per heavy atom. The van der Waals surface area contributed by atoms with Crippen LogP contribution in [0.4, 0.5) is 0 Å². The average molecular weight is 536 g/mol. The minimum Gasteiger partial charge on any atom is -0.496 e. The maximum absolute atomic E-state index is 13.7. The van der Waals surface area contributed by atoms with Crippen molar-refractivity contribution in [2.75, 3.05) is 21.3 Å². The van der Waals surface area contributed by atoms with E-state index in [9.17, 15) is 4.79 Å². The van der Waals surface area contributed by atoms with Crippen molar-refractivity contribution in [3.8, 4) is 40.4 Å².